The van der Waals surface area contributed by atoms with E-state index in [9.17, 15) is 13.2 Å². The SMILES string of the molecule is CS(=O)(=O)Nc1cccc(C(=O)NCc2nc3ccccc3s2)c1. The molecule has 0 aliphatic carbocycles. The van der Waals surface area contributed by atoms with Gasteiger partial charge in [0.1, 0.15) is 5.01 Å². The molecule has 6 nitrogen and oxygen atoms in total. The Hall–Kier alpha value is -2.45. The highest BCUT2D eigenvalue weighted by atomic mass is 32.2. The van der Waals surface area contributed by atoms with E-state index >= 15 is 0 Å². The first kappa shape index (κ1) is 16.4. The van der Waals surface area contributed by atoms with Gasteiger partial charge in [0.15, 0.2) is 0 Å². The minimum atomic E-state index is -3.38. The van der Waals surface area contributed by atoms with Crippen LogP contribution >= 0.6 is 11.3 Å². The number of fused-ring (bicyclic) bond motifs is 1. The van der Waals surface area contributed by atoms with Crippen LogP contribution in [0.5, 0.6) is 0 Å². The molecule has 0 unspecified atom stereocenters. The third-order valence-electron chi connectivity index (χ3n) is 3.17. The summed E-state index contributed by atoms with van der Waals surface area (Å²) >= 11 is 1.53. The van der Waals surface area contributed by atoms with Crippen LogP contribution in [0.15, 0.2) is 48.5 Å². The fourth-order valence-electron chi connectivity index (χ4n) is 2.19. The van der Waals surface area contributed by atoms with Gasteiger partial charge in [-0.3, -0.25) is 9.52 Å². The molecule has 3 rings (SSSR count). The molecule has 0 saturated carbocycles. The Balaban J connectivity index is 1.69. The number of carbonyl (C=O) groups excluding carboxylic acids is 1. The number of amides is 1. The van der Waals surface area contributed by atoms with Gasteiger partial charge < -0.3 is 5.32 Å². The average molecular weight is 361 g/mol. The van der Waals surface area contributed by atoms with E-state index < -0.39 is 10.0 Å². The second kappa shape index (κ2) is 6.58. The number of anilines is 1. The molecular weight excluding hydrogens is 346 g/mol. The summed E-state index contributed by atoms with van der Waals surface area (Å²) in [5.74, 6) is -0.286. The number of nitrogens with one attached hydrogen (secondary N) is 2. The molecule has 1 heterocycles. The van der Waals surface area contributed by atoms with Crippen molar-refractivity contribution in [3.05, 3.63) is 59.1 Å². The van der Waals surface area contributed by atoms with Crippen molar-refractivity contribution >= 4 is 43.2 Å². The largest absolute Gasteiger partial charge is 0.346 e. The summed E-state index contributed by atoms with van der Waals surface area (Å²) in [6.45, 7) is 0.321. The minimum Gasteiger partial charge on any atom is -0.346 e. The fourth-order valence-corrected chi connectivity index (χ4v) is 3.65. The van der Waals surface area contributed by atoms with Crippen LogP contribution in [0.3, 0.4) is 0 Å². The Morgan fingerprint density at radius 3 is 2.71 bits per heavy atom. The van der Waals surface area contributed by atoms with Crippen LogP contribution in [-0.4, -0.2) is 25.6 Å². The van der Waals surface area contributed by atoms with Crippen molar-refractivity contribution in [2.75, 3.05) is 11.0 Å². The topological polar surface area (TPSA) is 88.2 Å². The van der Waals surface area contributed by atoms with Gasteiger partial charge in [-0.15, -0.1) is 11.3 Å². The number of aromatic nitrogens is 1. The van der Waals surface area contributed by atoms with Gasteiger partial charge in [-0.1, -0.05) is 18.2 Å². The van der Waals surface area contributed by atoms with Crippen molar-refractivity contribution in [1.29, 1.82) is 0 Å². The van der Waals surface area contributed by atoms with Gasteiger partial charge in [0.25, 0.3) is 5.91 Å². The maximum Gasteiger partial charge on any atom is 0.251 e. The van der Waals surface area contributed by atoms with Gasteiger partial charge in [0.2, 0.25) is 10.0 Å². The number of para-hydroxylation sites is 1. The summed E-state index contributed by atoms with van der Waals surface area (Å²) in [6, 6.07) is 14.1. The molecule has 24 heavy (non-hydrogen) atoms. The molecule has 0 atom stereocenters. The number of rotatable bonds is 5. The zero-order chi connectivity index (χ0) is 17.2. The Kier molecular flexibility index (Phi) is 4.50. The van der Waals surface area contributed by atoms with E-state index in [0.717, 1.165) is 21.5 Å². The molecular formula is C16H15N3O3S2. The second-order valence-corrected chi connectivity index (χ2v) is 8.08. The molecule has 3 aromatic rings. The quantitative estimate of drug-likeness (QED) is 0.731. The number of benzene rings is 2. The predicted octanol–water partition coefficient (Wildman–Crippen LogP) is 2.60. The lowest BCUT2D eigenvalue weighted by atomic mass is 10.2. The molecule has 0 radical (unpaired) electrons. The fraction of sp³-hybridized carbons (Fsp3) is 0.125. The van der Waals surface area contributed by atoms with Gasteiger partial charge in [0, 0.05) is 11.3 Å². The van der Waals surface area contributed by atoms with Crippen LogP contribution in [0.25, 0.3) is 10.2 Å². The normalized spacial score (nSPS) is 11.4. The minimum absolute atomic E-state index is 0.286. The highest BCUT2D eigenvalue weighted by Crippen LogP contribution is 2.21. The van der Waals surface area contributed by atoms with E-state index in [1.807, 2.05) is 24.3 Å². The molecule has 1 amide bonds. The summed E-state index contributed by atoms with van der Waals surface area (Å²) < 4.78 is 25.9. The Morgan fingerprint density at radius 1 is 1.17 bits per heavy atom. The molecule has 0 fully saturated rings. The van der Waals surface area contributed by atoms with Crippen LogP contribution in [0.2, 0.25) is 0 Å². The Bertz CT molecular complexity index is 963. The van der Waals surface area contributed by atoms with Gasteiger partial charge in [-0.05, 0) is 30.3 Å². The van der Waals surface area contributed by atoms with E-state index in [1.165, 1.54) is 17.4 Å². The number of carbonyl (C=O) groups is 1. The van der Waals surface area contributed by atoms with Gasteiger partial charge in [-0.25, -0.2) is 13.4 Å². The second-order valence-electron chi connectivity index (χ2n) is 5.21. The predicted molar refractivity (Wildman–Crippen MR) is 95.7 cm³/mol. The lowest BCUT2D eigenvalue weighted by molar-refractivity contribution is 0.0951. The van der Waals surface area contributed by atoms with E-state index in [4.69, 9.17) is 0 Å². The monoisotopic (exact) mass is 361 g/mol. The van der Waals surface area contributed by atoms with Gasteiger partial charge in [-0.2, -0.15) is 0 Å². The third kappa shape index (κ3) is 4.09. The summed E-state index contributed by atoms with van der Waals surface area (Å²) in [7, 11) is -3.38. The molecule has 0 aliphatic rings. The van der Waals surface area contributed by atoms with Crippen molar-refractivity contribution in [3.8, 4) is 0 Å². The molecule has 0 aliphatic heterocycles. The lowest BCUT2D eigenvalue weighted by Crippen LogP contribution is -2.22. The zero-order valence-corrected chi connectivity index (χ0v) is 14.4. The Labute approximate surface area is 143 Å². The van der Waals surface area contributed by atoms with Crippen molar-refractivity contribution in [1.82, 2.24) is 10.3 Å². The molecule has 0 saturated heterocycles. The summed E-state index contributed by atoms with van der Waals surface area (Å²) in [4.78, 5) is 16.7. The van der Waals surface area contributed by atoms with Crippen LogP contribution in [0, 0.1) is 0 Å². The smallest absolute Gasteiger partial charge is 0.251 e. The van der Waals surface area contributed by atoms with Crippen molar-refractivity contribution < 1.29 is 13.2 Å². The summed E-state index contributed by atoms with van der Waals surface area (Å²) in [5, 5.41) is 3.61. The average Bonchev–Trinajstić information content (AvgIpc) is 2.94. The van der Waals surface area contributed by atoms with Crippen LogP contribution in [0.1, 0.15) is 15.4 Å². The van der Waals surface area contributed by atoms with Crippen LogP contribution < -0.4 is 10.0 Å². The summed E-state index contributed by atoms with van der Waals surface area (Å²) in [5.41, 5.74) is 1.64. The third-order valence-corrected chi connectivity index (χ3v) is 4.81. The molecule has 124 valence electrons. The number of hydrogen-bond acceptors (Lipinski definition) is 5. The molecule has 2 N–H and O–H groups in total. The van der Waals surface area contributed by atoms with Crippen molar-refractivity contribution in [2.45, 2.75) is 6.54 Å². The molecule has 0 bridgehead atoms. The zero-order valence-electron chi connectivity index (χ0n) is 12.8. The Morgan fingerprint density at radius 2 is 1.96 bits per heavy atom. The van der Waals surface area contributed by atoms with Gasteiger partial charge >= 0.3 is 0 Å². The van der Waals surface area contributed by atoms with Crippen LogP contribution in [-0.2, 0) is 16.6 Å². The van der Waals surface area contributed by atoms with Crippen LogP contribution in [0.4, 0.5) is 5.69 Å². The van der Waals surface area contributed by atoms with E-state index in [-0.39, 0.29) is 5.91 Å². The van der Waals surface area contributed by atoms with E-state index in [2.05, 4.69) is 15.0 Å². The number of nitrogens with zero attached hydrogens (tertiary/aromatic N) is 1. The highest BCUT2D eigenvalue weighted by molar-refractivity contribution is 7.92. The number of thiazole rings is 1. The first-order chi connectivity index (χ1) is 11.4. The molecule has 0 spiro atoms. The number of hydrogen-bond donors (Lipinski definition) is 2. The molecule has 1 aromatic heterocycles. The van der Waals surface area contributed by atoms with E-state index in [0.29, 0.717) is 17.8 Å². The van der Waals surface area contributed by atoms with E-state index in [1.54, 1.807) is 18.2 Å². The lowest BCUT2D eigenvalue weighted by Gasteiger charge is -2.07. The van der Waals surface area contributed by atoms with Gasteiger partial charge in [0.05, 0.1) is 23.0 Å². The maximum atomic E-state index is 12.2. The summed E-state index contributed by atoms with van der Waals surface area (Å²) in [6.07, 6.45) is 1.06. The molecule has 8 heteroatoms. The standard InChI is InChI=1S/C16H15N3O3S2/c1-24(21,22)19-12-6-4-5-11(9-12)16(20)17-10-15-18-13-7-2-3-8-14(13)23-15/h2-9,19H,10H2,1H3,(H,17,20). The van der Waals surface area contributed by atoms with Crippen molar-refractivity contribution in [2.24, 2.45) is 0 Å². The maximum absolute atomic E-state index is 12.2. The first-order valence-corrected chi connectivity index (χ1v) is 9.82. The first-order valence-electron chi connectivity index (χ1n) is 7.11. The highest BCUT2D eigenvalue weighted by Gasteiger charge is 2.10. The van der Waals surface area contributed by atoms with Crippen molar-refractivity contribution in [3.63, 3.8) is 0 Å². The number of sulfonamides is 1. The molecule has 2 aromatic carbocycles.